The van der Waals surface area contributed by atoms with Gasteiger partial charge in [-0.15, -0.1) is 0 Å². The minimum Gasteiger partial charge on any atom is -0.466 e. The summed E-state index contributed by atoms with van der Waals surface area (Å²) >= 11 is 0. The number of rotatable bonds is 5. The zero-order chi connectivity index (χ0) is 13.7. The number of nitrogens with two attached hydrogens (primary N) is 1. The molecule has 0 unspecified atom stereocenters. The van der Waals surface area contributed by atoms with Gasteiger partial charge in [-0.05, 0) is 37.1 Å². The molecule has 0 radical (unpaired) electrons. The maximum absolute atomic E-state index is 12.1. The highest BCUT2D eigenvalue weighted by Gasteiger charge is 2.13. The van der Waals surface area contributed by atoms with Gasteiger partial charge in [-0.3, -0.25) is 4.79 Å². The quantitative estimate of drug-likeness (QED) is 0.651. The van der Waals surface area contributed by atoms with Crippen LogP contribution in [0.1, 0.15) is 18.1 Å². The van der Waals surface area contributed by atoms with E-state index < -0.39 is 6.61 Å². The van der Waals surface area contributed by atoms with E-state index in [9.17, 15) is 13.6 Å². The van der Waals surface area contributed by atoms with E-state index in [1.807, 2.05) is 0 Å². The summed E-state index contributed by atoms with van der Waals surface area (Å²) < 4.78 is 33.2. The monoisotopic (exact) mass is 259 g/mol. The fourth-order valence-corrected chi connectivity index (χ4v) is 1.50. The molecule has 4 nitrogen and oxygen atoms in total. The van der Waals surface area contributed by atoms with Crippen molar-refractivity contribution in [3.63, 3.8) is 0 Å². The van der Waals surface area contributed by atoms with Gasteiger partial charge in [-0.1, -0.05) is 0 Å². The molecule has 0 saturated carbocycles. The molecule has 0 aromatic heterocycles. The van der Waals surface area contributed by atoms with Crippen molar-refractivity contribution in [3.05, 3.63) is 23.3 Å². The molecule has 0 amide bonds. The van der Waals surface area contributed by atoms with Crippen molar-refractivity contribution in [2.24, 2.45) is 0 Å². The molecule has 1 aromatic carbocycles. The first-order valence-electron chi connectivity index (χ1n) is 5.43. The summed E-state index contributed by atoms with van der Waals surface area (Å²) in [6.07, 6.45) is 0.0544. The number of ether oxygens (including phenoxy) is 2. The highest BCUT2D eigenvalue weighted by atomic mass is 19.3. The standard InChI is InChI=1S/C12H15F2NO3/c1-3-17-11(16)6-8-5-9(15)10(4-7(8)2)18-12(13)14/h4-5,12H,3,6,15H2,1-2H3. The average molecular weight is 259 g/mol. The normalized spacial score (nSPS) is 10.5. The molecule has 1 rings (SSSR count). The van der Waals surface area contributed by atoms with Crippen LogP contribution in [0.25, 0.3) is 0 Å². The van der Waals surface area contributed by atoms with Gasteiger partial charge < -0.3 is 15.2 Å². The summed E-state index contributed by atoms with van der Waals surface area (Å²) in [5, 5.41) is 0. The van der Waals surface area contributed by atoms with Crippen molar-refractivity contribution in [2.75, 3.05) is 12.3 Å². The Labute approximate surface area is 104 Å². The van der Waals surface area contributed by atoms with Gasteiger partial charge in [0.2, 0.25) is 0 Å². The molecule has 0 saturated heterocycles. The third-order valence-electron chi connectivity index (χ3n) is 2.32. The average Bonchev–Trinajstić information content (AvgIpc) is 2.25. The topological polar surface area (TPSA) is 61.5 Å². The Hall–Kier alpha value is -1.85. The minimum absolute atomic E-state index is 0.0544. The Bertz CT molecular complexity index is 436. The van der Waals surface area contributed by atoms with Crippen LogP contribution in [-0.2, 0) is 16.0 Å². The maximum atomic E-state index is 12.1. The lowest BCUT2D eigenvalue weighted by atomic mass is 10.0. The fourth-order valence-electron chi connectivity index (χ4n) is 1.50. The van der Waals surface area contributed by atoms with Crippen molar-refractivity contribution in [1.29, 1.82) is 0 Å². The van der Waals surface area contributed by atoms with E-state index in [1.165, 1.54) is 12.1 Å². The predicted molar refractivity (Wildman–Crippen MR) is 62.6 cm³/mol. The molecule has 1 aromatic rings. The van der Waals surface area contributed by atoms with Gasteiger partial charge in [0.25, 0.3) is 0 Å². The van der Waals surface area contributed by atoms with E-state index in [2.05, 4.69) is 4.74 Å². The molecule has 0 bridgehead atoms. The Morgan fingerprint density at radius 1 is 1.44 bits per heavy atom. The molecular weight excluding hydrogens is 244 g/mol. The maximum Gasteiger partial charge on any atom is 0.387 e. The summed E-state index contributed by atoms with van der Waals surface area (Å²) in [5.74, 6) is -0.474. The molecule has 0 fully saturated rings. The second-order valence-corrected chi connectivity index (χ2v) is 3.68. The number of nitrogen functional groups attached to an aromatic ring is 1. The van der Waals surface area contributed by atoms with E-state index in [1.54, 1.807) is 13.8 Å². The highest BCUT2D eigenvalue weighted by molar-refractivity contribution is 5.74. The van der Waals surface area contributed by atoms with E-state index in [-0.39, 0.29) is 23.8 Å². The largest absolute Gasteiger partial charge is 0.466 e. The summed E-state index contributed by atoms with van der Waals surface area (Å²) in [6.45, 7) is 0.757. The first-order valence-corrected chi connectivity index (χ1v) is 5.43. The van der Waals surface area contributed by atoms with Crippen LogP contribution in [0.4, 0.5) is 14.5 Å². The number of anilines is 1. The molecule has 100 valence electrons. The van der Waals surface area contributed by atoms with Gasteiger partial charge >= 0.3 is 12.6 Å². The Morgan fingerprint density at radius 3 is 2.67 bits per heavy atom. The highest BCUT2D eigenvalue weighted by Crippen LogP contribution is 2.27. The van der Waals surface area contributed by atoms with E-state index in [0.29, 0.717) is 17.7 Å². The second kappa shape index (κ2) is 6.18. The first kappa shape index (κ1) is 14.2. The lowest BCUT2D eigenvalue weighted by Crippen LogP contribution is -2.10. The third-order valence-corrected chi connectivity index (χ3v) is 2.32. The molecule has 2 N–H and O–H groups in total. The number of esters is 1. The first-order chi connectivity index (χ1) is 8.43. The number of halogens is 2. The molecular formula is C12H15F2NO3. The van der Waals surface area contributed by atoms with Gasteiger partial charge in [-0.25, -0.2) is 0 Å². The number of hydrogen-bond acceptors (Lipinski definition) is 4. The lowest BCUT2D eigenvalue weighted by Gasteiger charge is -2.12. The lowest BCUT2D eigenvalue weighted by molar-refractivity contribution is -0.142. The zero-order valence-electron chi connectivity index (χ0n) is 10.2. The van der Waals surface area contributed by atoms with Gasteiger partial charge in [0, 0.05) is 0 Å². The van der Waals surface area contributed by atoms with Gasteiger partial charge in [0.05, 0.1) is 18.7 Å². The van der Waals surface area contributed by atoms with Crippen LogP contribution in [0.15, 0.2) is 12.1 Å². The smallest absolute Gasteiger partial charge is 0.387 e. The van der Waals surface area contributed by atoms with E-state index in [0.717, 1.165) is 0 Å². The Balaban J connectivity index is 2.89. The molecule has 0 aliphatic heterocycles. The number of benzene rings is 1. The van der Waals surface area contributed by atoms with Gasteiger partial charge in [-0.2, -0.15) is 8.78 Å². The number of carbonyl (C=O) groups excluding carboxylic acids is 1. The van der Waals surface area contributed by atoms with Crippen LogP contribution < -0.4 is 10.5 Å². The zero-order valence-corrected chi connectivity index (χ0v) is 10.2. The van der Waals surface area contributed by atoms with Gasteiger partial charge in [0.15, 0.2) is 0 Å². The van der Waals surface area contributed by atoms with Crippen LogP contribution in [0.5, 0.6) is 5.75 Å². The minimum atomic E-state index is -2.93. The van der Waals surface area contributed by atoms with Crippen molar-refractivity contribution in [2.45, 2.75) is 26.9 Å². The van der Waals surface area contributed by atoms with Crippen LogP contribution in [0.2, 0.25) is 0 Å². The Kier molecular flexibility index (Phi) is 4.88. The number of hydrogen-bond donors (Lipinski definition) is 1. The van der Waals surface area contributed by atoms with Crippen molar-refractivity contribution in [3.8, 4) is 5.75 Å². The van der Waals surface area contributed by atoms with Crippen molar-refractivity contribution >= 4 is 11.7 Å². The summed E-state index contributed by atoms with van der Waals surface area (Å²) in [5.41, 5.74) is 6.93. The molecule has 0 aliphatic carbocycles. The summed E-state index contributed by atoms with van der Waals surface area (Å²) in [7, 11) is 0. The van der Waals surface area contributed by atoms with Crippen molar-refractivity contribution in [1.82, 2.24) is 0 Å². The molecule has 0 spiro atoms. The van der Waals surface area contributed by atoms with Crippen LogP contribution in [-0.4, -0.2) is 19.2 Å². The fraction of sp³-hybridized carbons (Fsp3) is 0.417. The van der Waals surface area contributed by atoms with Crippen LogP contribution in [0, 0.1) is 6.92 Å². The second-order valence-electron chi connectivity index (χ2n) is 3.68. The molecule has 18 heavy (non-hydrogen) atoms. The van der Waals surface area contributed by atoms with Gasteiger partial charge in [0.1, 0.15) is 5.75 Å². The molecule has 6 heteroatoms. The van der Waals surface area contributed by atoms with Crippen LogP contribution >= 0.6 is 0 Å². The van der Waals surface area contributed by atoms with E-state index in [4.69, 9.17) is 10.5 Å². The van der Waals surface area contributed by atoms with Crippen LogP contribution in [0.3, 0.4) is 0 Å². The van der Waals surface area contributed by atoms with E-state index >= 15 is 0 Å². The number of aryl methyl sites for hydroxylation is 1. The number of carbonyl (C=O) groups is 1. The number of alkyl halides is 2. The predicted octanol–water partition coefficient (Wildman–Crippen LogP) is 2.28. The summed E-state index contributed by atoms with van der Waals surface area (Å²) in [4.78, 5) is 11.3. The SMILES string of the molecule is CCOC(=O)Cc1cc(N)c(OC(F)F)cc1C. The van der Waals surface area contributed by atoms with Crippen molar-refractivity contribution < 1.29 is 23.0 Å². The molecule has 0 atom stereocenters. The Morgan fingerprint density at radius 2 is 2.11 bits per heavy atom. The molecule has 0 aliphatic rings. The third kappa shape index (κ3) is 3.87. The molecule has 0 heterocycles. The summed E-state index contributed by atoms with van der Waals surface area (Å²) in [6, 6.07) is 2.83.